The van der Waals surface area contributed by atoms with Crippen LogP contribution in [-0.2, 0) is 60.6 Å². The van der Waals surface area contributed by atoms with Crippen LogP contribution in [-0.4, -0.2) is 195 Å². The minimum Gasteiger partial charge on any atom is -0.420 e. The molecule has 2 aromatic carbocycles. The van der Waals surface area contributed by atoms with Crippen molar-refractivity contribution in [2.45, 2.75) is 120 Å². The van der Waals surface area contributed by atoms with E-state index in [1.54, 1.807) is 10.9 Å². The second-order valence-corrected chi connectivity index (χ2v) is 21.3. The van der Waals surface area contributed by atoms with Gasteiger partial charge in [-0.05, 0) is 57.4 Å². The van der Waals surface area contributed by atoms with Gasteiger partial charge in [-0.1, -0.05) is 35.5 Å². The maximum atomic E-state index is 13.9. The van der Waals surface area contributed by atoms with Crippen molar-refractivity contribution in [1.29, 1.82) is 0 Å². The smallest absolute Gasteiger partial charge is 0.313 e. The third kappa shape index (κ3) is 19.8. The molecule has 4 aromatic rings. The number of rotatable bonds is 38. The van der Waals surface area contributed by atoms with Gasteiger partial charge in [-0.3, -0.25) is 19.4 Å². The highest BCUT2D eigenvalue weighted by Gasteiger charge is 2.44. The van der Waals surface area contributed by atoms with E-state index >= 15 is 0 Å². The molecule has 1 saturated carbocycles. The molecule has 2 aromatic heterocycles. The van der Waals surface area contributed by atoms with Crippen LogP contribution in [0.5, 0.6) is 5.75 Å². The third-order valence-corrected chi connectivity index (χ3v) is 15.4. The van der Waals surface area contributed by atoms with E-state index in [0.29, 0.717) is 134 Å². The number of ether oxygens (including phenoxy) is 9. The Morgan fingerprint density at radius 3 is 1.84 bits per heavy atom. The van der Waals surface area contributed by atoms with E-state index in [1.807, 2.05) is 30.3 Å². The van der Waals surface area contributed by atoms with Crippen LogP contribution < -0.4 is 10.1 Å². The molecule has 4 fully saturated rings. The molecule has 2 unspecified atom stereocenters. The van der Waals surface area contributed by atoms with E-state index in [0.717, 1.165) is 75.5 Å². The number of esters is 1. The third-order valence-electron chi connectivity index (χ3n) is 15.4. The first-order chi connectivity index (χ1) is 39.9. The number of amides is 1. The lowest BCUT2D eigenvalue weighted by molar-refractivity contribution is -0.136. The van der Waals surface area contributed by atoms with Crippen molar-refractivity contribution in [3.05, 3.63) is 89.0 Å². The predicted octanol–water partition coefficient (Wildman–Crippen LogP) is 6.56. The number of alkyl halides is 2. The quantitative estimate of drug-likeness (QED) is 0.0219. The first kappa shape index (κ1) is 62.9. The van der Waals surface area contributed by atoms with Gasteiger partial charge in [-0.15, -0.1) is 15.3 Å². The van der Waals surface area contributed by atoms with Gasteiger partial charge in [0.2, 0.25) is 17.6 Å². The highest BCUT2D eigenvalue weighted by Crippen LogP contribution is 2.43. The van der Waals surface area contributed by atoms with Gasteiger partial charge in [-0.25, -0.2) is 26.6 Å². The minimum absolute atomic E-state index is 0.0486. The second-order valence-electron chi connectivity index (χ2n) is 21.3. The molecule has 2 bridgehead atoms. The number of hydrogen-bond donors (Lipinski definition) is 1. The zero-order chi connectivity index (χ0) is 57.5. The summed E-state index contributed by atoms with van der Waals surface area (Å²) < 4.78 is 121. The summed E-state index contributed by atoms with van der Waals surface area (Å²) in [4.78, 5) is 30.2. The molecule has 20 nitrogen and oxygen atoms in total. The number of nitrogens with zero attached hydrogens (tertiary/aromatic N) is 8. The Balaban J connectivity index is 0.579. The van der Waals surface area contributed by atoms with Crippen LogP contribution in [0, 0.1) is 30.3 Å². The molecule has 1 amide bonds. The van der Waals surface area contributed by atoms with Crippen molar-refractivity contribution >= 4 is 11.9 Å². The van der Waals surface area contributed by atoms with Gasteiger partial charge in [0.1, 0.15) is 23.2 Å². The molecule has 0 spiro atoms. The summed E-state index contributed by atoms with van der Waals surface area (Å²) in [6.07, 6.45) is 6.73. The summed E-state index contributed by atoms with van der Waals surface area (Å²) >= 11 is 0. The molecule has 5 heterocycles. The SMILES string of the molecule is Cc1nnc(C2CN(CCOCCOCCOCCOCc3cn(CCOCCOCCOCCOCCC(=O)Oc4c(F)cc(F)cc4F)nn3)C2)n1C1CC2CCC(C1)N2CC[C@H](NC(=O)C1CCC(F)(F)CC1)c1ccccc1. The van der Waals surface area contributed by atoms with Crippen molar-refractivity contribution < 1.29 is 74.2 Å². The van der Waals surface area contributed by atoms with Crippen molar-refractivity contribution in [1.82, 2.24) is 44.9 Å². The number of likely N-dealkylation sites (tertiary alicyclic amines) is 1. The van der Waals surface area contributed by atoms with Crippen molar-refractivity contribution in [3.8, 4) is 5.75 Å². The first-order valence-electron chi connectivity index (χ1n) is 28.9. The number of aryl methyl sites for hydroxylation is 1. The summed E-state index contributed by atoms with van der Waals surface area (Å²) in [6, 6.07) is 12.0. The summed E-state index contributed by atoms with van der Waals surface area (Å²) in [5, 5.41) is 20.8. The van der Waals surface area contributed by atoms with Crippen LogP contribution in [0.4, 0.5) is 22.0 Å². The molecule has 82 heavy (non-hydrogen) atoms. The normalized spacial score (nSPS) is 19.9. The molecular formula is C57H80F5N9O11. The lowest BCUT2D eigenvalue weighted by Crippen LogP contribution is -2.48. The highest BCUT2D eigenvalue weighted by molar-refractivity contribution is 5.79. The van der Waals surface area contributed by atoms with Gasteiger partial charge in [0.25, 0.3) is 0 Å². The number of carbonyl (C=O) groups excluding carboxylic acids is 2. The maximum Gasteiger partial charge on any atom is 0.313 e. The van der Waals surface area contributed by atoms with Crippen LogP contribution in [0.2, 0.25) is 0 Å². The largest absolute Gasteiger partial charge is 0.420 e. The highest BCUT2D eigenvalue weighted by atomic mass is 19.3. The average Bonchev–Trinajstić information content (AvgIpc) is 3.53. The van der Waals surface area contributed by atoms with Crippen molar-refractivity contribution in [2.75, 3.05) is 125 Å². The average molecular weight is 1160 g/mol. The molecular weight excluding hydrogens is 1080 g/mol. The number of piperidine rings is 1. The Morgan fingerprint density at radius 1 is 0.671 bits per heavy atom. The summed E-state index contributed by atoms with van der Waals surface area (Å²) in [7, 11) is 0. The van der Waals surface area contributed by atoms with Gasteiger partial charge >= 0.3 is 5.97 Å². The van der Waals surface area contributed by atoms with Gasteiger partial charge in [0, 0.05) is 81.1 Å². The fourth-order valence-electron chi connectivity index (χ4n) is 11.1. The van der Waals surface area contributed by atoms with E-state index in [2.05, 4.69) is 46.8 Å². The van der Waals surface area contributed by atoms with E-state index in [9.17, 15) is 31.5 Å². The summed E-state index contributed by atoms with van der Waals surface area (Å²) in [6.45, 7) is 12.0. The molecule has 25 heteroatoms. The molecule has 3 saturated heterocycles. The van der Waals surface area contributed by atoms with E-state index < -0.39 is 35.1 Å². The molecule has 8 rings (SSSR count). The van der Waals surface area contributed by atoms with Crippen LogP contribution in [0.25, 0.3) is 0 Å². The van der Waals surface area contributed by atoms with E-state index in [-0.39, 0.29) is 69.8 Å². The molecule has 0 radical (unpaired) electrons. The van der Waals surface area contributed by atoms with E-state index in [4.69, 9.17) is 43.0 Å². The summed E-state index contributed by atoms with van der Waals surface area (Å²) in [5.41, 5.74) is 1.75. The van der Waals surface area contributed by atoms with Crippen molar-refractivity contribution in [2.24, 2.45) is 5.92 Å². The second kappa shape index (κ2) is 32.8. The first-order valence-corrected chi connectivity index (χ1v) is 28.9. The predicted molar refractivity (Wildman–Crippen MR) is 287 cm³/mol. The number of aromatic nitrogens is 6. The Labute approximate surface area is 475 Å². The number of hydrogen-bond acceptors (Lipinski definition) is 17. The van der Waals surface area contributed by atoms with Gasteiger partial charge in [0.15, 0.2) is 11.6 Å². The monoisotopic (exact) mass is 1160 g/mol. The van der Waals surface area contributed by atoms with Crippen LogP contribution in [0.15, 0.2) is 48.7 Å². The Morgan fingerprint density at radius 2 is 1.23 bits per heavy atom. The molecule has 454 valence electrons. The fraction of sp³-hybridized carbons (Fsp3) is 0.684. The van der Waals surface area contributed by atoms with Crippen molar-refractivity contribution in [3.63, 3.8) is 0 Å². The van der Waals surface area contributed by atoms with Gasteiger partial charge in [-0.2, -0.15) is 0 Å². The van der Waals surface area contributed by atoms with E-state index in [1.165, 1.54) is 0 Å². The summed E-state index contributed by atoms with van der Waals surface area (Å²) in [5.74, 6) is -6.33. The maximum absolute atomic E-state index is 13.9. The van der Waals surface area contributed by atoms with Gasteiger partial charge < -0.3 is 52.5 Å². The number of benzene rings is 2. The Kier molecular flexibility index (Phi) is 25.2. The molecule has 3 aliphatic heterocycles. The zero-order valence-corrected chi connectivity index (χ0v) is 47.0. The Bertz CT molecular complexity index is 2500. The number of carbonyl (C=O) groups is 2. The molecule has 3 atom stereocenters. The number of halogens is 5. The minimum atomic E-state index is -2.66. The standard InChI is InChI=1S/C57H80F5N9O11/c1-41-64-66-55(71(41)49-35-47-7-8-48(36-49)70(47)15-11-52(42-5-3-2-4-6-42)63-56(73)43-9-13-57(61,62)14-10-43)44-37-68(38-44)16-19-75-22-25-78-29-30-80-31-32-81-40-46-39-69(67-65-46)17-20-76-23-26-79-28-27-77-24-21-74-18-12-53(72)82-54-50(59)33-45(58)34-51(54)60/h2-6,33-34,39,43-44,47-49,52H,7-32,35-38,40H2,1H3,(H,63,73)/t47?,48?,49?,52-/m0/s1. The lowest BCUT2D eigenvalue weighted by Gasteiger charge is -2.42. The number of fused-ring (bicyclic) bond motifs is 2. The lowest BCUT2D eigenvalue weighted by atomic mass is 9.86. The fourth-order valence-corrected chi connectivity index (χ4v) is 11.1. The molecule has 1 aliphatic carbocycles. The molecule has 4 aliphatic rings. The van der Waals surface area contributed by atoms with Crippen LogP contribution >= 0.6 is 0 Å². The van der Waals surface area contributed by atoms with Crippen LogP contribution in [0.1, 0.15) is 105 Å². The number of nitrogens with one attached hydrogen (secondary N) is 1. The van der Waals surface area contributed by atoms with Gasteiger partial charge in [0.05, 0.1) is 131 Å². The topological polar surface area (TPSA) is 197 Å². The Hall–Kier alpha value is -5.09. The van der Waals surface area contributed by atoms with Crippen LogP contribution in [0.3, 0.4) is 0 Å². The zero-order valence-electron chi connectivity index (χ0n) is 47.0. The molecule has 1 N–H and O–H groups in total.